The van der Waals surface area contributed by atoms with Crippen molar-refractivity contribution in [2.24, 2.45) is 5.92 Å². The van der Waals surface area contributed by atoms with Gasteiger partial charge in [0.05, 0.1) is 4.90 Å². The zero-order chi connectivity index (χ0) is 19.2. The summed E-state index contributed by atoms with van der Waals surface area (Å²) in [6, 6.07) is 6.67. The molecule has 1 atom stereocenters. The number of halogens is 1. The monoisotopic (exact) mass is 440 g/mol. The van der Waals surface area contributed by atoms with Gasteiger partial charge in [-0.15, -0.1) is 0 Å². The molecule has 3 rings (SSSR count). The average Bonchev–Trinajstić information content (AvgIpc) is 2.89. The first-order valence-electron chi connectivity index (χ1n) is 7.76. The minimum absolute atomic E-state index is 0.0667. The van der Waals surface area contributed by atoms with E-state index >= 15 is 0 Å². The molecule has 1 aromatic heterocycles. The van der Waals surface area contributed by atoms with Crippen molar-refractivity contribution in [3.05, 3.63) is 34.8 Å². The number of hydrogen-bond acceptors (Lipinski definition) is 5. The SMILES string of the molecule is CC(C)C(NS(=O)(=O)c1ccc2c(c1)oc1cc(N)c(Br)cc12)C(=O)O. The molecular weight excluding hydrogens is 424 g/mol. The largest absolute Gasteiger partial charge is 0.480 e. The number of anilines is 1. The van der Waals surface area contributed by atoms with Crippen molar-refractivity contribution in [1.29, 1.82) is 0 Å². The summed E-state index contributed by atoms with van der Waals surface area (Å²) in [4.78, 5) is 11.2. The predicted molar refractivity (Wildman–Crippen MR) is 102 cm³/mol. The Kier molecular flexibility index (Phi) is 4.72. The zero-order valence-electron chi connectivity index (χ0n) is 14.0. The molecular formula is C17H17BrN2O5S. The van der Waals surface area contributed by atoms with Crippen molar-refractivity contribution in [3.8, 4) is 0 Å². The number of benzene rings is 2. The Hall–Kier alpha value is -2.10. The van der Waals surface area contributed by atoms with Gasteiger partial charge in [-0.25, -0.2) is 8.42 Å². The smallest absolute Gasteiger partial charge is 0.322 e. The molecule has 3 aromatic rings. The van der Waals surface area contributed by atoms with Gasteiger partial charge in [0, 0.05) is 33.1 Å². The number of carbonyl (C=O) groups is 1. The number of carboxylic acids is 1. The summed E-state index contributed by atoms with van der Waals surface area (Å²) < 4.78 is 33.8. The quantitative estimate of drug-likeness (QED) is 0.522. The fraction of sp³-hybridized carbons (Fsp3) is 0.235. The molecule has 7 nitrogen and oxygen atoms in total. The highest BCUT2D eigenvalue weighted by Gasteiger charge is 2.28. The number of sulfonamides is 1. The van der Waals surface area contributed by atoms with Crippen molar-refractivity contribution in [2.45, 2.75) is 24.8 Å². The molecule has 0 saturated carbocycles. The normalized spacial score (nSPS) is 13.5. The van der Waals surface area contributed by atoms with Gasteiger partial charge in [0.2, 0.25) is 10.0 Å². The van der Waals surface area contributed by atoms with Crippen molar-refractivity contribution >= 4 is 59.5 Å². The first-order chi connectivity index (χ1) is 12.1. The van der Waals surface area contributed by atoms with Crippen LogP contribution in [0.25, 0.3) is 21.9 Å². The van der Waals surface area contributed by atoms with E-state index in [1.165, 1.54) is 12.1 Å². The first-order valence-corrected chi connectivity index (χ1v) is 10.0. The molecule has 9 heteroatoms. The molecule has 4 N–H and O–H groups in total. The molecule has 0 radical (unpaired) electrons. The number of furan rings is 1. The molecule has 0 aliphatic carbocycles. The molecule has 0 saturated heterocycles. The van der Waals surface area contributed by atoms with E-state index in [-0.39, 0.29) is 4.90 Å². The second-order valence-corrected chi connectivity index (χ2v) is 8.88. The molecule has 2 aromatic carbocycles. The van der Waals surface area contributed by atoms with Gasteiger partial charge in [0.25, 0.3) is 0 Å². The maximum atomic E-state index is 12.6. The van der Waals surface area contributed by atoms with Crippen LogP contribution in [0.4, 0.5) is 5.69 Å². The highest BCUT2D eigenvalue weighted by Crippen LogP contribution is 2.34. The summed E-state index contributed by atoms with van der Waals surface area (Å²) in [7, 11) is -4.02. The number of rotatable bonds is 5. The van der Waals surface area contributed by atoms with Crippen molar-refractivity contribution in [1.82, 2.24) is 4.72 Å². The lowest BCUT2D eigenvalue weighted by Gasteiger charge is -2.17. The molecule has 1 heterocycles. The number of aliphatic carboxylic acids is 1. The molecule has 0 amide bonds. The van der Waals surface area contributed by atoms with E-state index in [1.807, 2.05) is 6.07 Å². The van der Waals surface area contributed by atoms with E-state index in [9.17, 15) is 18.3 Å². The Morgan fingerprint density at radius 1 is 1.19 bits per heavy atom. The standard InChI is InChI=1S/C17H17BrN2O5S/c1-8(2)16(17(21)22)20-26(23,24)9-3-4-10-11-6-12(18)13(19)7-15(11)25-14(10)5-9/h3-8,16,20H,19H2,1-2H3,(H,21,22). The molecule has 0 aliphatic rings. The maximum absolute atomic E-state index is 12.6. The van der Waals surface area contributed by atoms with Gasteiger partial charge in [-0.1, -0.05) is 13.8 Å². The highest BCUT2D eigenvalue weighted by molar-refractivity contribution is 9.10. The van der Waals surface area contributed by atoms with E-state index in [0.29, 0.717) is 21.3 Å². The predicted octanol–water partition coefficient (Wildman–Crippen LogP) is 3.32. The molecule has 138 valence electrons. The summed E-state index contributed by atoms with van der Waals surface area (Å²) in [6.45, 7) is 3.26. The van der Waals surface area contributed by atoms with Gasteiger partial charge in [-0.05, 0) is 40.0 Å². The van der Waals surface area contributed by atoms with Gasteiger partial charge < -0.3 is 15.3 Å². The van der Waals surface area contributed by atoms with Gasteiger partial charge >= 0.3 is 5.97 Å². The van der Waals surface area contributed by atoms with Crippen LogP contribution in [0.5, 0.6) is 0 Å². The van der Waals surface area contributed by atoms with E-state index in [0.717, 1.165) is 10.8 Å². The lowest BCUT2D eigenvalue weighted by molar-refractivity contribution is -0.140. The minimum atomic E-state index is -4.02. The second kappa shape index (κ2) is 6.57. The van der Waals surface area contributed by atoms with E-state index in [4.69, 9.17) is 10.2 Å². The van der Waals surface area contributed by atoms with Crippen molar-refractivity contribution in [3.63, 3.8) is 0 Å². The van der Waals surface area contributed by atoms with Crippen LogP contribution in [0.2, 0.25) is 0 Å². The second-order valence-electron chi connectivity index (χ2n) is 6.31. The topological polar surface area (TPSA) is 123 Å². The van der Waals surface area contributed by atoms with Gasteiger partial charge in [-0.3, -0.25) is 4.79 Å². The number of hydrogen-bond donors (Lipinski definition) is 3. The van der Waals surface area contributed by atoms with Crippen LogP contribution in [0, 0.1) is 5.92 Å². The summed E-state index contributed by atoms with van der Waals surface area (Å²) in [5.74, 6) is -1.63. The number of nitrogens with two attached hydrogens (primary N) is 1. The van der Waals surface area contributed by atoms with Crippen LogP contribution >= 0.6 is 15.9 Å². The Labute approximate surface area is 158 Å². The summed E-state index contributed by atoms with van der Waals surface area (Å²) in [5, 5.41) is 10.7. The summed E-state index contributed by atoms with van der Waals surface area (Å²) in [5.41, 5.74) is 7.26. The molecule has 0 spiro atoms. The number of carboxylic acid groups (broad SMARTS) is 1. The minimum Gasteiger partial charge on any atom is -0.480 e. The lowest BCUT2D eigenvalue weighted by atomic mass is 10.1. The van der Waals surface area contributed by atoms with E-state index in [2.05, 4.69) is 20.7 Å². The average molecular weight is 441 g/mol. The fourth-order valence-electron chi connectivity index (χ4n) is 2.67. The van der Waals surface area contributed by atoms with Gasteiger partial charge in [0.15, 0.2) is 0 Å². The molecule has 0 aliphatic heterocycles. The highest BCUT2D eigenvalue weighted by atomic mass is 79.9. The number of fused-ring (bicyclic) bond motifs is 3. The molecule has 1 unspecified atom stereocenters. The van der Waals surface area contributed by atoms with Crippen molar-refractivity contribution in [2.75, 3.05) is 5.73 Å². The number of nitrogen functional groups attached to an aromatic ring is 1. The van der Waals surface area contributed by atoms with Crippen molar-refractivity contribution < 1.29 is 22.7 Å². The third-order valence-corrected chi connectivity index (χ3v) is 6.21. The summed E-state index contributed by atoms with van der Waals surface area (Å²) in [6.07, 6.45) is 0. The van der Waals surface area contributed by atoms with Gasteiger partial charge in [-0.2, -0.15) is 4.72 Å². The molecule has 26 heavy (non-hydrogen) atoms. The van der Waals surface area contributed by atoms with E-state index in [1.54, 1.807) is 26.0 Å². The zero-order valence-corrected chi connectivity index (χ0v) is 16.4. The Balaban J connectivity index is 2.08. The Morgan fingerprint density at radius 3 is 2.46 bits per heavy atom. The van der Waals surface area contributed by atoms with Crippen LogP contribution < -0.4 is 10.5 Å². The molecule has 0 fully saturated rings. The third kappa shape index (κ3) is 3.29. The Bertz CT molecular complexity index is 1120. The van der Waals surface area contributed by atoms with Gasteiger partial charge in [0.1, 0.15) is 17.2 Å². The third-order valence-electron chi connectivity index (χ3n) is 4.09. The Morgan fingerprint density at radius 2 is 1.85 bits per heavy atom. The van der Waals surface area contributed by atoms with Crippen LogP contribution in [0.15, 0.2) is 44.1 Å². The first kappa shape index (κ1) is 18.7. The molecule has 0 bridgehead atoms. The lowest BCUT2D eigenvalue weighted by Crippen LogP contribution is -2.44. The van der Waals surface area contributed by atoms with Crippen LogP contribution in [0.3, 0.4) is 0 Å². The van der Waals surface area contributed by atoms with Crippen LogP contribution in [-0.4, -0.2) is 25.5 Å². The number of nitrogens with one attached hydrogen (secondary N) is 1. The maximum Gasteiger partial charge on any atom is 0.322 e. The van der Waals surface area contributed by atoms with E-state index < -0.39 is 28.0 Å². The van der Waals surface area contributed by atoms with Crippen LogP contribution in [-0.2, 0) is 14.8 Å². The summed E-state index contributed by atoms with van der Waals surface area (Å²) >= 11 is 3.36. The fourth-order valence-corrected chi connectivity index (χ4v) is 4.36. The van der Waals surface area contributed by atoms with Crippen LogP contribution in [0.1, 0.15) is 13.8 Å².